The molecule has 11 heteroatoms. The number of benzene rings is 2. The molecule has 0 bridgehead atoms. The SMILES string of the molecule is O=C1NC(=S)N(c2ccc(Br)cc2)C(=O)/C1=C/c1ccc(Oc2ccc([N+](=O)[O-])cn2)cc1. The highest BCUT2D eigenvalue weighted by Gasteiger charge is 2.34. The summed E-state index contributed by atoms with van der Waals surface area (Å²) in [6.45, 7) is 0. The maximum atomic E-state index is 13.0. The third-order valence-electron chi connectivity index (χ3n) is 4.53. The highest BCUT2D eigenvalue weighted by molar-refractivity contribution is 9.10. The van der Waals surface area contributed by atoms with Gasteiger partial charge >= 0.3 is 0 Å². The van der Waals surface area contributed by atoms with E-state index in [2.05, 4.69) is 26.2 Å². The van der Waals surface area contributed by atoms with E-state index in [1.165, 1.54) is 23.1 Å². The molecule has 0 unspecified atom stereocenters. The van der Waals surface area contributed by atoms with Crippen LogP contribution in [0.4, 0.5) is 11.4 Å². The number of nitrogens with zero attached hydrogens (tertiary/aromatic N) is 3. The second-order valence-corrected chi connectivity index (χ2v) is 8.02. The van der Waals surface area contributed by atoms with Gasteiger partial charge in [-0.15, -0.1) is 0 Å². The molecule has 0 spiro atoms. The first-order valence-corrected chi connectivity index (χ1v) is 10.6. The van der Waals surface area contributed by atoms with Crippen LogP contribution in [0.2, 0.25) is 0 Å². The molecule has 2 amide bonds. The van der Waals surface area contributed by atoms with E-state index in [-0.39, 0.29) is 22.3 Å². The number of carbonyl (C=O) groups excluding carboxylic acids is 2. The summed E-state index contributed by atoms with van der Waals surface area (Å²) < 4.78 is 6.41. The third-order valence-corrected chi connectivity index (χ3v) is 5.34. The highest BCUT2D eigenvalue weighted by Crippen LogP contribution is 2.25. The zero-order valence-electron chi connectivity index (χ0n) is 16.6. The maximum Gasteiger partial charge on any atom is 0.287 e. The summed E-state index contributed by atoms with van der Waals surface area (Å²) in [6, 6.07) is 16.2. The lowest BCUT2D eigenvalue weighted by Gasteiger charge is -2.29. The smallest absolute Gasteiger partial charge is 0.287 e. The van der Waals surface area contributed by atoms with Crippen LogP contribution in [0, 0.1) is 10.1 Å². The molecule has 1 saturated heterocycles. The minimum atomic E-state index is -0.589. The predicted molar refractivity (Wildman–Crippen MR) is 128 cm³/mol. The Morgan fingerprint density at radius 2 is 1.76 bits per heavy atom. The molecule has 4 rings (SSSR count). The summed E-state index contributed by atoms with van der Waals surface area (Å²) in [5.74, 6) is -0.516. The summed E-state index contributed by atoms with van der Waals surface area (Å²) in [7, 11) is 0. The lowest BCUT2D eigenvalue weighted by Crippen LogP contribution is -2.54. The van der Waals surface area contributed by atoms with Crippen molar-refractivity contribution in [3.63, 3.8) is 0 Å². The molecule has 33 heavy (non-hydrogen) atoms. The molecule has 1 aliphatic rings. The van der Waals surface area contributed by atoms with Crippen LogP contribution in [0.15, 0.2) is 76.9 Å². The van der Waals surface area contributed by atoms with Crippen molar-refractivity contribution >= 4 is 62.5 Å². The summed E-state index contributed by atoms with van der Waals surface area (Å²) in [5, 5.41) is 13.2. The van der Waals surface area contributed by atoms with Crippen molar-refractivity contribution in [1.29, 1.82) is 0 Å². The largest absolute Gasteiger partial charge is 0.439 e. The molecule has 1 aliphatic heterocycles. The number of nitrogens with one attached hydrogen (secondary N) is 1. The van der Waals surface area contributed by atoms with Gasteiger partial charge in [0.25, 0.3) is 17.5 Å². The molecule has 9 nitrogen and oxygen atoms in total. The first kappa shape index (κ1) is 22.2. The van der Waals surface area contributed by atoms with E-state index < -0.39 is 16.7 Å². The normalized spacial score (nSPS) is 14.9. The van der Waals surface area contributed by atoms with Crippen LogP contribution < -0.4 is 15.0 Å². The Balaban J connectivity index is 1.54. The molecule has 2 heterocycles. The molecule has 3 aromatic rings. The minimum absolute atomic E-state index is 0.00354. The Kier molecular flexibility index (Phi) is 6.24. The number of amides is 2. The molecule has 0 saturated carbocycles. The van der Waals surface area contributed by atoms with E-state index >= 15 is 0 Å². The molecule has 1 N–H and O–H groups in total. The summed E-state index contributed by atoms with van der Waals surface area (Å²) in [4.78, 5) is 40.8. The number of pyridine rings is 1. The number of rotatable bonds is 5. The molecular formula is C22H13BrN4O5S. The van der Waals surface area contributed by atoms with Gasteiger partial charge in [0.05, 0.1) is 10.6 Å². The number of thiocarbonyl (C=S) groups is 1. The van der Waals surface area contributed by atoms with Gasteiger partial charge in [0.1, 0.15) is 17.5 Å². The van der Waals surface area contributed by atoms with Crippen LogP contribution in [0.25, 0.3) is 6.08 Å². The minimum Gasteiger partial charge on any atom is -0.439 e. The molecule has 1 aromatic heterocycles. The average molecular weight is 525 g/mol. The van der Waals surface area contributed by atoms with Gasteiger partial charge in [-0.25, -0.2) is 4.98 Å². The van der Waals surface area contributed by atoms with Crippen molar-refractivity contribution in [2.24, 2.45) is 0 Å². The van der Waals surface area contributed by atoms with Crippen LogP contribution in [-0.2, 0) is 9.59 Å². The second-order valence-electron chi connectivity index (χ2n) is 6.72. The van der Waals surface area contributed by atoms with Crippen LogP contribution in [0.3, 0.4) is 0 Å². The van der Waals surface area contributed by atoms with E-state index in [1.54, 1.807) is 48.5 Å². The fourth-order valence-corrected chi connectivity index (χ4v) is 3.49. The quantitative estimate of drug-likeness (QED) is 0.173. The van der Waals surface area contributed by atoms with Gasteiger partial charge in [0.15, 0.2) is 5.11 Å². The maximum absolute atomic E-state index is 13.0. The summed E-state index contributed by atoms with van der Waals surface area (Å²) >= 11 is 8.53. The highest BCUT2D eigenvalue weighted by atomic mass is 79.9. The molecule has 1 fully saturated rings. The van der Waals surface area contributed by atoms with Gasteiger partial charge in [-0.2, -0.15) is 0 Å². The van der Waals surface area contributed by atoms with Gasteiger partial charge in [-0.1, -0.05) is 28.1 Å². The van der Waals surface area contributed by atoms with Gasteiger partial charge in [0.2, 0.25) is 5.88 Å². The summed E-state index contributed by atoms with van der Waals surface area (Å²) in [5.41, 5.74) is 0.896. The Hall–Kier alpha value is -3.96. The Morgan fingerprint density at radius 3 is 2.36 bits per heavy atom. The molecular weight excluding hydrogens is 512 g/mol. The van der Waals surface area contributed by atoms with Crippen molar-refractivity contribution in [1.82, 2.24) is 10.3 Å². The van der Waals surface area contributed by atoms with E-state index in [9.17, 15) is 19.7 Å². The zero-order chi connectivity index (χ0) is 23.5. The van der Waals surface area contributed by atoms with Crippen LogP contribution in [-0.4, -0.2) is 26.8 Å². The Morgan fingerprint density at radius 1 is 1.06 bits per heavy atom. The number of nitro groups is 1. The fraction of sp³-hybridized carbons (Fsp3) is 0. The topological polar surface area (TPSA) is 115 Å². The van der Waals surface area contributed by atoms with E-state index in [0.717, 1.165) is 10.7 Å². The molecule has 0 atom stereocenters. The van der Waals surface area contributed by atoms with Gasteiger partial charge < -0.3 is 4.74 Å². The molecule has 0 radical (unpaired) electrons. The Bertz CT molecular complexity index is 1290. The van der Waals surface area contributed by atoms with Crippen molar-refractivity contribution in [3.8, 4) is 11.6 Å². The van der Waals surface area contributed by atoms with Crippen LogP contribution in [0.1, 0.15) is 5.56 Å². The van der Waals surface area contributed by atoms with Crippen molar-refractivity contribution in [2.45, 2.75) is 0 Å². The number of anilines is 1. The summed E-state index contributed by atoms with van der Waals surface area (Å²) in [6.07, 6.45) is 2.56. The first-order valence-electron chi connectivity index (χ1n) is 9.37. The number of ether oxygens (including phenoxy) is 1. The molecule has 164 valence electrons. The van der Waals surface area contributed by atoms with Crippen molar-refractivity contribution in [2.75, 3.05) is 4.90 Å². The number of hydrogen-bond acceptors (Lipinski definition) is 7. The fourth-order valence-electron chi connectivity index (χ4n) is 2.94. The van der Waals surface area contributed by atoms with E-state index in [1.807, 2.05) is 0 Å². The third kappa shape index (κ3) is 4.94. The standard InChI is InChI=1S/C22H13BrN4O5S/c23-14-3-5-15(6-4-14)26-21(29)18(20(28)25-22(26)33)11-13-1-8-17(9-2-13)32-19-10-7-16(12-24-19)27(30)31/h1-12H,(H,25,28,33)/b18-11+. The van der Waals surface area contributed by atoms with Gasteiger partial charge in [-0.3, -0.25) is 29.9 Å². The molecule has 2 aromatic carbocycles. The van der Waals surface area contributed by atoms with E-state index in [4.69, 9.17) is 17.0 Å². The number of halogens is 1. The van der Waals surface area contributed by atoms with Crippen molar-refractivity contribution in [3.05, 3.63) is 92.6 Å². The monoisotopic (exact) mass is 524 g/mol. The number of carbonyl (C=O) groups is 2. The van der Waals surface area contributed by atoms with Gasteiger partial charge in [0, 0.05) is 16.6 Å². The number of hydrogen-bond donors (Lipinski definition) is 1. The van der Waals surface area contributed by atoms with Crippen molar-refractivity contribution < 1.29 is 19.2 Å². The van der Waals surface area contributed by atoms with Crippen LogP contribution >= 0.6 is 28.1 Å². The van der Waals surface area contributed by atoms with E-state index in [0.29, 0.717) is 17.0 Å². The average Bonchev–Trinajstić information content (AvgIpc) is 2.79. The zero-order valence-corrected chi connectivity index (χ0v) is 19.0. The first-order chi connectivity index (χ1) is 15.8. The van der Waals surface area contributed by atoms with Crippen LogP contribution in [0.5, 0.6) is 11.6 Å². The number of aromatic nitrogens is 1. The lowest BCUT2D eigenvalue weighted by atomic mass is 10.1. The predicted octanol–water partition coefficient (Wildman–Crippen LogP) is 4.38. The van der Waals surface area contributed by atoms with Gasteiger partial charge in [-0.05, 0) is 60.3 Å². The molecule has 0 aliphatic carbocycles. The second kappa shape index (κ2) is 9.27. The Labute approximate surface area is 201 Å². The lowest BCUT2D eigenvalue weighted by molar-refractivity contribution is -0.385.